The Bertz CT molecular complexity index is 1410. The van der Waals surface area contributed by atoms with Crippen LogP contribution >= 0.6 is 11.3 Å². The summed E-state index contributed by atoms with van der Waals surface area (Å²) in [5.41, 5.74) is 3.84. The third kappa shape index (κ3) is 6.09. The highest BCUT2D eigenvalue weighted by Crippen LogP contribution is 2.34. The first kappa shape index (κ1) is 26.8. The first-order valence-corrected chi connectivity index (χ1v) is 14.2. The fourth-order valence-corrected chi connectivity index (χ4v) is 5.95. The molecule has 1 atom stereocenters. The van der Waals surface area contributed by atoms with Crippen LogP contribution in [0.5, 0.6) is 5.75 Å². The van der Waals surface area contributed by atoms with Crippen molar-refractivity contribution in [1.29, 1.82) is 0 Å². The second kappa shape index (κ2) is 11.9. The highest BCUT2D eigenvalue weighted by Gasteiger charge is 2.34. The highest BCUT2D eigenvalue weighted by atomic mass is 32.1. The Hall–Kier alpha value is -3.84. The van der Waals surface area contributed by atoms with Gasteiger partial charge in [-0.25, -0.2) is 0 Å². The van der Waals surface area contributed by atoms with Gasteiger partial charge >= 0.3 is 0 Å². The molecule has 1 aliphatic rings. The van der Waals surface area contributed by atoms with Crippen molar-refractivity contribution in [1.82, 2.24) is 9.80 Å². The number of ether oxygens (including phenoxy) is 1. The minimum Gasteiger partial charge on any atom is -0.491 e. The van der Waals surface area contributed by atoms with Crippen LogP contribution in [0.1, 0.15) is 63.5 Å². The molecule has 2 aromatic heterocycles. The minimum absolute atomic E-state index is 0.0487. The van der Waals surface area contributed by atoms with Crippen molar-refractivity contribution in [2.75, 3.05) is 19.7 Å². The molecule has 3 heterocycles. The van der Waals surface area contributed by atoms with E-state index in [0.29, 0.717) is 30.4 Å². The number of benzene rings is 2. The minimum atomic E-state index is -0.226. The molecule has 2 aromatic carbocycles. The molecule has 202 valence electrons. The van der Waals surface area contributed by atoms with Crippen LogP contribution in [0.2, 0.25) is 0 Å². The lowest BCUT2D eigenvalue weighted by molar-refractivity contribution is -0.135. The number of amides is 2. The van der Waals surface area contributed by atoms with Gasteiger partial charge in [-0.2, -0.15) is 0 Å². The quantitative estimate of drug-likeness (QED) is 0.238. The second-order valence-electron chi connectivity index (χ2n) is 10.2. The Kier molecular flexibility index (Phi) is 8.17. The molecular weight excluding hydrogens is 508 g/mol. The van der Waals surface area contributed by atoms with Gasteiger partial charge in [0.25, 0.3) is 5.91 Å². The molecule has 0 saturated carbocycles. The number of rotatable bonds is 9. The summed E-state index contributed by atoms with van der Waals surface area (Å²) in [6.07, 6.45) is 2.37. The summed E-state index contributed by atoms with van der Waals surface area (Å²) in [6.45, 7) is 7.33. The molecule has 7 heteroatoms. The summed E-state index contributed by atoms with van der Waals surface area (Å²) in [7, 11) is 0. The van der Waals surface area contributed by atoms with Gasteiger partial charge in [0.15, 0.2) is 0 Å². The number of aryl methyl sites for hydroxylation is 1. The van der Waals surface area contributed by atoms with Crippen LogP contribution in [-0.4, -0.2) is 41.3 Å². The first-order chi connectivity index (χ1) is 18.9. The average molecular weight is 543 g/mol. The van der Waals surface area contributed by atoms with Crippen LogP contribution in [-0.2, 0) is 17.8 Å². The lowest BCUT2D eigenvalue weighted by atomic mass is 10.00. The van der Waals surface area contributed by atoms with Crippen molar-refractivity contribution in [3.63, 3.8) is 0 Å². The van der Waals surface area contributed by atoms with Gasteiger partial charge in [0, 0.05) is 17.0 Å². The number of hydrogen-bond donors (Lipinski definition) is 0. The van der Waals surface area contributed by atoms with Crippen molar-refractivity contribution in [3.05, 3.63) is 111 Å². The first-order valence-electron chi connectivity index (χ1n) is 13.4. The molecule has 0 spiro atoms. The Labute approximate surface area is 233 Å². The van der Waals surface area contributed by atoms with Gasteiger partial charge in [-0.1, -0.05) is 44.2 Å². The van der Waals surface area contributed by atoms with Gasteiger partial charge in [0.1, 0.15) is 24.7 Å². The summed E-state index contributed by atoms with van der Waals surface area (Å²) in [4.78, 5) is 32.2. The summed E-state index contributed by atoms with van der Waals surface area (Å²) in [6, 6.07) is 21.1. The van der Waals surface area contributed by atoms with Crippen LogP contribution in [0.25, 0.3) is 0 Å². The third-order valence-electron chi connectivity index (χ3n) is 7.29. The van der Waals surface area contributed by atoms with E-state index in [4.69, 9.17) is 9.15 Å². The van der Waals surface area contributed by atoms with Crippen molar-refractivity contribution in [2.24, 2.45) is 0 Å². The number of nitrogens with zero attached hydrogens (tertiary/aromatic N) is 2. The fourth-order valence-electron chi connectivity index (χ4n) is 5.03. The van der Waals surface area contributed by atoms with E-state index in [2.05, 4.69) is 37.4 Å². The van der Waals surface area contributed by atoms with E-state index in [0.717, 1.165) is 23.3 Å². The number of furan rings is 1. The number of hydrogen-bond acceptors (Lipinski definition) is 5. The predicted molar refractivity (Wildman–Crippen MR) is 153 cm³/mol. The molecule has 0 N–H and O–H groups in total. The standard InChI is InChI=1S/C32H34N2O4S/c1-22(2)24-10-12-25(13-11-24)38-21-29-28-15-18-39-30(28)14-16-34(29)31(35)20-33(19-26-8-6-17-37-26)32(36)27-9-5-4-7-23(27)3/h4-13,15,17-18,22,29H,14,16,19-21H2,1-3H3/t29-/m0/s1. The molecule has 5 rings (SSSR count). The van der Waals surface area contributed by atoms with Crippen LogP contribution in [0.15, 0.2) is 82.8 Å². The molecule has 0 aliphatic carbocycles. The largest absolute Gasteiger partial charge is 0.491 e. The molecule has 39 heavy (non-hydrogen) atoms. The third-order valence-corrected chi connectivity index (χ3v) is 8.28. The van der Waals surface area contributed by atoms with Gasteiger partial charge in [-0.3, -0.25) is 9.59 Å². The summed E-state index contributed by atoms with van der Waals surface area (Å²) in [5.74, 6) is 1.56. The zero-order chi connectivity index (χ0) is 27.4. The van der Waals surface area contributed by atoms with E-state index in [9.17, 15) is 9.59 Å². The summed E-state index contributed by atoms with van der Waals surface area (Å²) in [5, 5.41) is 2.08. The van der Waals surface area contributed by atoms with Crippen molar-refractivity contribution in [3.8, 4) is 5.75 Å². The number of carbonyl (C=O) groups excluding carboxylic acids is 2. The molecule has 0 saturated heterocycles. The Morgan fingerprint density at radius 3 is 2.59 bits per heavy atom. The zero-order valence-corrected chi connectivity index (χ0v) is 23.4. The Morgan fingerprint density at radius 2 is 1.87 bits per heavy atom. The van der Waals surface area contributed by atoms with Gasteiger partial charge in [0.05, 0.1) is 18.8 Å². The maximum atomic E-state index is 13.9. The van der Waals surface area contributed by atoms with Crippen molar-refractivity contribution < 1.29 is 18.7 Å². The van der Waals surface area contributed by atoms with Crippen molar-refractivity contribution >= 4 is 23.2 Å². The zero-order valence-electron chi connectivity index (χ0n) is 22.6. The van der Waals surface area contributed by atoms with Gasteiger partial charge in [-0.15, -0.1) is 11.3 Å². The maximum Gasteiger partial charge on any atom is 0.255 e. The monoisotopic (exact) mass is 542 g/mol. The smallest absolute Gasteiger partial charge is 0.255 e. The highest BCUT2D eigenvalue weighted by molar-refractivity contribution is 7.10. The van der Waals surface area contributed by atoms with Crippen LogP contribution in [0, 0.1) is 6.92 Å². The van der Waals surface area contributed by atoms with E-state index in [-0.39, 0.29) is 30.9 Å². The SMILES string of the molecule is Cc1ccccc1C(=O)N(CC(=O)N1CCc2sccc2[C@@H]1COc1ccc(C(C)C)cc1)Cc1ccco1. The second-order valence-corrected chi connectivity index (χ2v) is 11.2. The Morgan fingerprint density at radius 1 is 1.08 bits per heavy atom. The van der Waals surface area contributed by atoms with Crippen LogP contribution < -0.4 is 4.74 Å². The molecule has 1 aliphatic heterocycles. The summed E-state index contributed by atoms with van der Waals surface area (Å²) >= 11 is 1.72. The predicted octanol–water partition coefficient (Wildman–Crippen LogP) is 6.62. The lowest BCUT2D eigenvalue weighted by Crippen LogP contribution is -2.47. The maximum absolute atomic E-state index is 13.9. The van der Waals surface area contributed by atoms with Crippen LogP contribution in [0.3, 0.4) is 0 Å². The van der Waals surface area contributed by atoms with Gasteiger partial charge < -0.3 is 19.0 Å². The molecule has 2 amide bonds. The molecule has 0 bridgehead atoms. The van der Waals surface area contributed by atoms with Crippen LogP contribution in [0.4, 0.5) is 0 Å². The van der Waals surface area contributed by atoms with E-state index in [1.807, 2.05) is 48.2 Å². The molecule has 0 unspecified atom stereocenters. The average Bonchev–Trinajstić information content (AvgIpc) is 3.64. The van der Waals surface area contributed by atoms with Gasteiger partial charge in [-0.05, 0) is 77.7 Å². The number of carbonyl (C=O) groups is 2. The van der Waals surface area contributed by atoms with Gasteiger partial charge in [0.2, 0.25) is 5.91 Å². The molecule has 4 aromatic rings. The molecule has 0 radical (unpaired) electrons. The number of fused-ring (bicyclic) bond motifs is 1. The summed E-state index contributed by atoms with van der Waals surface area (Å²) < 4.78 is 11.8. The molecule has 6 nitrogen and oxygen atoms in total. The normalized spacial score (nSPS) is 14.8. The van der Waals surface area contributed by atoms with E-state index < -0.39 is 0 Å². The van der Waals surface area contributed by atoms with E-state index >= 15 is 0 Å². The van der Waals surface area contributed by atoms with E-state index in [1.54, 1.807) is 34.6 Å². The van der Waals surface area contributed by atoms with Crippen molar-refractivity contribution in [2.45, 2.75) is 45.7 Å². The molecule has 0 fully saturated rings. The lowest BCUT2D eigenvalue weighted by Gasteiger charge is -2.37. The molecular formula is C32H34N2O4S. The Balaban J connectivity index is 1.36. The topological polar surface area (TPSA) is 63.0 Å². The fraction of sp³-hybridized carbons (Fsp3) is 0.312. The van der Waals surface area contributed by atoms with E-state index in [1.165, 1.54) is 10.4 Å². The number of thiophene rings is 1.